The minimum absolute atomic E-state index is 0.167. The Bertz CT molecular complexity index is 1020. The normalized spacial score (nSPS) is 12.5. The predicted molar refractivity (Wildman–Crippen MR) is 109 cm³/mol. The number of sulfonamides is 1. The van der Waals surface area contributed by atoms with Crippen LogP contribution in [0.1, 0.15) is 16.8 Å². The van der Waals surface area contributed by atoms with Gasteiger partial charge in [-0.2, -0.15) is 4.72 Å². The van der Waals surface area contributed by atoms with Gasteiger partial charge in [0, 0.05) is 5.38 Å². The summed E-state index contributed by atoms with van der Waals surface area (Å²) in [6.07, 6.45) is 0.245. The lowest BCUT2D eigenvalue weighted by atomic mass is 10.1. The molecule has 6 nitrogen and oxygen atoms in total. The number of aromatic nitrogens is 1. The highest BCUT2D eigenvalue weighted by atomic mass is 32.2. The maximum atomic E-state index is 12.9. The van der Waals surface area contributed by atoms with Crippen LogP contribution in [-0.4, -0.2) is 25.4 Å². The smallest absolute Gasteiger partial charge is 0.241 e. The topological polar surface area (TPSA) is 88.2 Å². The molecule has 0 saturated heterocycles. The largest absolute Gasteiger partial charge is 0.349 e. The number of nitrogens with zero attached hydrogens (tertiary/aromatic N) is 1. The van der Waals surface area contributed by atoms with Crippen LogP contribution in [0.4, 0.5) is 0 Å². The van der Waals surface area contributed by atoms with E-state index in [1.54, 1.807) is 30.6 Å². The van der Waals surface area contributed by atoms with Crippen molar-refractivity contribution in [3.8, 4) is 0 Å². The summed E-state index contributed by atoms with van der Waals surface area (Å²) in [5.41, 5.74) is 3.91. The minimum atomic E-state index is -3.85. The molecule has 0 aliphatic carbocycles. The molecule has 1 heterocycles. The zero-order valence-electron chi connectivity index (χ0n) is 15.3. The molecule has 2 aromatic carbocycles. The molecule has 0 fully saturated rings. The number of carbonyl (C=O) groups is 1. The molecule has 2 N–H and O–H groups in total. The van der Waals surface area contributed by atoms with Crippen LogP contribution in [0.15, 0.2) is 70.4 Å². The van der Waals surface area contributed by atoms with E-state index >= 15 is 0 Å². The van der Waals surface area contributed by atoms with Gasteiger partial charge in [-0.15, -0.1) is 11.3 Å². The molecule has 0 aliphatic rings. The SMILES string of the molecule is Cc1ccccc1S(=O)(=O)NC(Cc1ccccc1)C(=O)NCc1cscn1. The Labute approximate surface area is 168 Å². The highest BCUT2D eigenvalue weighted by molar-refractivity contribution is 7.89. The molecule has 1 aromatic heterocycles. The van der Waals surface area contributed by atoms with Gasteiger partial charge in [-0.3, -0.25) is 4.79 Å². The standard InChI is InChI=1S/C20H21N3O3S2/c1-15-7-5-6-10-19(15)28(25,26)23-18(11-16-8-3-2-4-9-16)20(24)21-12-17-13-27-14-22-17/h2-10,13-14,18,23H,11-12H2,1H3,(H,21,24). The summed E-state index contributed by atoms with van der Waals surface area (Å²) in [4.78, 5) is 17.1. The van der Waals surface area contributed by atoms with E-state index in [4.69, 9.17) is 0 Å². The van der Waals surface area contributed by atoms with E-state index in [9.17, 15) is 13.2 Å². The van der Waals surface area contributed by atoms with Crippen LogP contribution in [0.3, 0.4) is 0 Å². The van der Waals surface area contributed by atoms with Crippen molar-refractivity contribution in [2.45, 2.75) is 30.8 Å². The molecule has 3 rings (SSSR count). The van der Waals surface area contributed by atoms with E-state index in [1.807, 2.05) is 35.7 Å². The van der Waals surface area contributed by atoms with E-state index in [0.29, 0.717) is 5.56 Å². The van der Waals surface area contributed by atoms with Gasteiger partial charge in [-0.25, -0.2) is 13.4 Å². The van der Waals surface area contributed by atoms with Crippen LogP contribution >= 0.6 is 11.3 Å². The summed E-state index contributed by atoms with van der Waals surface area (Å²) < 4.78 is 28.3. The average molecular weight is 416 g/mol. The summed E-state index contributed by atoms with van der Waals surface area (Å²) in [6.45, 7) is 1.97. The van der Waals surface area contributed by atoms with Gasteiger partial charge in [-0.1, -0.05) is 48.5 Å². The third-order valence-corrected chi connectivity index (χ3v) is 6.47. The second-order valence-corrected chi connectivity index (χ2v) is 8.73. The number of rotatable bonds is 8. The van der Waals surface area contributed by atoms with Crippen LogP contribution in [0.25, 0.3) is 0 Å². The van der Waals surface area contributed by atoms with Crippen molar-refractivity contribution in [2.24, 2.45) is 0 Å². The number of hydrogen-bond acceptors (Lipinski definition) is 5. The Morgan fingerprint density at radius 2 is 1.82 bits per heavy atom. The molecule has 146 valence electrons. The lowest BCUT2D eigenvalue weighted by Crippen LogP contribution is -2.47. The monoisotopic (exact) mass is 415 g/mol. The molecule has 0 aliphatic heterocycles. The van der Waals surface area contributed by atoms with Gasteiger partial charge in [0.15, 0.2) is 0 Å². The van der Waals surface area contributed by atoms with Crippen molar-refractivity contribution >= 4 is 27.3 Å². The summed E-state index contributed by atoms with van der Waals surface area (Å²) in [5.74, 6) is -0.394. The molecular formula is C20H21N3O3S2. The number of nitrogens with one attached hydrogen (secondary N) is 2. The first-order chi connectivity index (χ1) is 13.5. The van der Waals surface area contributed by atoms with Crippen LogP contribution in [0.5, 0.6) is 0 Å². The summed E-state index contributed by atoms with van der Waals surface area (Å²) in [6, 6.07) is 15.1. The van der Waals surface area contributed by atoms with Gasteiger partial charge in [0.05, 0.1) is 22.6 Å². The van der Waals surface area contributed by atoms with Gasteiger partial charge in [-0.05, 0) is 30.5 Å². The highest BCUT2D eigenvalue weighted by Crippen LogP contribution is 2.15. The number of aryl methyl sites for hydroxylation is 1. The van der Waals surface area contributed by atoms with Crippen molar-refractivity contribution < 1.29 is 13.2 Å². The Hall–Kier alpha value is -2.55. The highest BCUT2D eigenvalue weighted by Gasteiger charge is 2.27. The number of amides is 1. The van der Waals surface area contributed by atoms with Crippen molar-refractivity contribution in [3.63, 3.8) is 0 Å². The fraction of sp³-hybridized carbons (Fsp3) is 0.200. The Morgan fingerprint density at radius 1 is 1.11 bits per heavy atom. The summed E-state index contributed by atoms with van der Waals surface area (Å²) >= 11 is 1.44. The van der Waals surface area contributed by atoms with Crippen LogP contribution < -0.4 is 10.0 Å². The zero-order chi connectivity index (χ0) is 20.0. The van der Waals surface area contributed by atoms with Crippen molar-refractivity contribution in [3.05, 3.63) is 82.3 Å². The van der Waals surface area contributed by atoms with Gasteiger partial charge >= 0.3 is 0 Å². The van der Waals surface area contributed by atoms with Gasteiger partial charge in [0.1, 0.15) is 6.04 Å². The minimum Gasteiger partial charge on any atom is -0.349 e. The molecule has 0 bridgehead atoms. The number of hydrogen-bond donors (Lipinski definition) is 2. The molecule has 28 heavy (non-hydrogen) atoms. The third-order valence-electron chi connectivity index (χ3n) is 4.21. The molecule has 3 aromatic rings. The Balaban J connectivity index is 1.80. The summed E-state index contributed by atoms with van der Waals surface area (Å²) in [5, 5.41) is 4.61. The molecule has 0 saturated carbocycles. The van der Waals surface area contributed by atoms with E-state index < -0.39 is 22.0 Å². The maximum absolute atomic E-state index is 12.9. The first-order valence-electron chi connectivity index (χ1n) is 8.72. The van der Waals surface area contributed by atoms with Gasteiger partial charge < -0.3 is 5.32 Å². The predicted octanol–water partition coefficient (Wildman–Crippen LogP) is 2.66. The lowest BCUT2D eigenvalue weighted by Gasteiger charge is -2.19. The zero-order valence-corrected chi connectivity index (χ0v) is 17.0. The second kappa shape index (κ2) is 9.09. The van der Waals surface area contributed by atoms with E-state index in [2.05, 4.69) is 15.0 Å². The molecular weight excluding hydrogens is 394 g/mol. The Morgan fingerprint density at radius 3 is 2.50 bits per heavy atom. The maximum Gasteiger partial charge on any atom is 0.241 e. The fourth-order valence-corrected chi connectivity index (χ4v) is 4.77. The Kier molecular flexibility index (Phi) is 6.56. The quantitative estimate of drug-likeness (QED) is 0.592. The van der Waals surface area contributed by atoms with Crippen LogP contribution in [0, 0.1) is 6.92 Å². The van der Waals surface area contributed by atoms with Crippen molar-refractivity contribution in [2.75, 3.05) is 0 Å². The molecule has 1 atom stereocenters. The fourth-order valence-electron chi connectivity index (χ4n) is 2.77. The first kappa shape index (κ1) is 20.2. The molecule has 0 radical (unpaired) electrons. The number of benzene rings is 2. The molecule has 1 unspecified atom stereocenters. The van der Waals surface area contributed by atoms with E-state index in [-0.39, 0.29) is 17.9 Å². The number of thiazole rings is 1. The second-order valence-electron chi connectivity index (χ2n) is 6.33. The lowest BCUT2D eigenvalue weighted by molar-refractivity contribution is -0.122. The van der Waals surface area contributed by atoms with Crippen LogP contribution in [-0.2, 0) is 27.8 Å². The van der Waals surface area contributed by atoms with E-state index in [1.165, 1.54) is 17.4 Å². The van der Waals surface area contributed by atoms with Gasteiger partial charge in [0.25, 0.3) is 0 Å². The summed E-state index contributed by atoms with van der Waals surface area (Å²) in [7, 11) is -3.85. The van der Waals surface area contributed by atoms with Crippen molar-refractivity contribution in [1.29, 1.82) is 0 Å². The first-order valence-corrected chi connectivity index (χ1v) is 11.1. The van der Waals surface area contributed by atoms with E-state index in [0.717, 1.165) is 11.3 Å². The molecule has 8 heteroatoms. The number of carbonyl (C=O) groups excluding carboxylic acids is 1. The average Bonchev–Trinajstić information content (AvgIpc) is 3.20. The third kappa shape index (κ3) is 5.25. The van der Waals surface area contributed by atoms with Crippen LogP contribution in [0.2, 0.25) is 0 Å². The van der Waals surface area contributed by atoms with Gasteiger partial charge in [0.2, 0.25) is 15.9 Å². The molecule has 0 spiro atoms. The van der Waals surface area contributed by atoms with Crippen molar-refractivity contribution in [1.82, 2.24) is 15.0 Å². The molecule has 1 amide bonds.